The van der Waals surface area contributed by atoms with Crippen LogP contribution in [0.5, 0.6) is 0 Å². The van der Waals surface area contributed by atoms with Gasteiger partial charge in [-0.3, -0.25) is 0 Å². The summed E-state index contributed by atoms with van der Waals surface area (Å²) in [6, 6.07) is 127. The highest BCUT2D eigenvalue weighted by Crippen LogP contribution is 2.47. The molecular formula is C98H57N5S3. The van der Waals surface area contributed by atoms with Gasteiger partial charge < -0.3 is 13.7 Å². The minimum absolute atomic E-state index is 0.809. The van der Waals surface area contributed by atoms with Gasteiger partial charge in [0.25, 0.3) is 0 Å². The first-order valence-corrected chi connectivity index (χ1v) is 38.4. The standard InChI is InChI=1S/C98H57N5S3/c1-7-28-87-70(22-1)79-49-58(61-37-43-96-82(52-61)73-25-4-10-31-93(73)104-96)34-40-90(79)101(87)67-19-13-16-64(46-67)76-55-78-85(66-18-15-21-69(48-66)103-89-30-9-3-24-72(89)81-51-60(36-42-92(81)103)63-39-45-98-84(54-63)75-27-6-12-33-95(75)106-98)57-99-100-86(78)56-77(76)65-17-14-20-68(47-65)102-88-29-8-2-23-71(88)80-50-59(35-41-91(80)102)62-38-44-97-83(53-62)74-26-5-11-32-94(74)105-97/h1-57H. The fraction of sp³-hybridized carbons (Fsp3) is 0. The molecule has 0 spiro atoms. The number of benzene rings is 16. The lowest BCUT2D eigenvalue weighted by Crippen LogP contribution is -1.98. The maximum atomic E-state index is 5.04. The zero-order valence-electron chi connectivity index (χ0n) is 56.9. The summed E-state index contributed by atoms with van der Waals surface area (Å²) in [5.41, 5.74) is 24.5. The lowest BCUT2D eigenvalue weighted by Gasteiger charge is -2.17. The molecule has 0 fully saturated rings. The van der Waals surface area contributed by atoms with Crippen LogP contribution in [-0.2, 0) is 0 Å². The predicted octanol–water partition coefficient (Wildman–Crippen LogP) is 28.0. The van der Waals surface area contributed by atoms with E-state index in [1.807, 2.05) is 40.2 Å². The average Bonchev–Trinajstić information content (AvgIpc) is 1.60. The first-order chi connectivity index (χ1) is 52.5. The Bertz CT molecular complexity index is 7680. The maximum absolute atomic E-state index is 5.04. The molecule has 0 radical (unpaired) electrons. The largest absolute Gasteiger partial charge is 0.309 e. The Morgan fingerprint density at radius 2 is 0.491 bits per heavy atom. The van der Waals surface area contributed by atoms with Crippen LogP contribution in [0.1, 0.15) is 0 Å². The van der Waals surface area contributed by atoms with E-state index < -0.39 is 0 Å². The fourth-order valence-electron chi connectivity index (χ4n) is 17.3. The van der Waals surface area contributed by atoms with Crippen molar-refractivity contribution in [3.05, 3.63) is 346 Å². The van der Waals surface area contributed by atoms with Gasteiger partial charge in [-0.2, -0.15) is 10.2 Å². The van der Waals surface area contributed by atoms with Crippen molar-refractivity contribution in [3.8, 4) is 83.8 Å². The number of nitrogens with zero attached hydrogens (tertiary/aromatic N) is 5. The first-order valence-electron chi connectivity index (χ1n) is 36.0. The molecule has 16 aromatic carbocycles. The number of hydrogen-bond acceptors (Lipinski definition) is 5. The van der Waals surface area contributed by atoms with Gasteiger partial charge in [-0.15, -0.1) is 34.0 Å². The third-order valence-electron chi connectivity index (χ3n) is 22.2. The molecule has 7 aromatic heterocycles. The highest BCUT2D eigenvalue weighted by molar-refractivity contribution is 7.26. The Morgan fingerprint density at radius 3 is 0.877 bits per heavy atom. The molecule has 0 amide bonds. The van der Waals surface area contributed by atoms with Crippen molar-refractivity contribution in [2.24, 2.45) is 0 Å². The zero-order valence-corrected chi connectivity index (χ0v) is 59.3. The first kappa shape index (κ1) is 59.4. The molecule has 8 heteroatoms. The number of aromatic nitrogens is 5. The van der Waals surface area contributed by atoms with Gasteiger partial charge in [0.15, 0.2) is 0 Å². The van der Waals surface area contributed by atoms with Gasteiger partial charge in [0, 0.05) is 121 Å². The van der Waals surface area contributed by atoms with Gasteiger partial charge in [0.05, 0.1) is 44.8 Å². The molecule has 0 aliphatic heterocycles. The van der Waals surface area contributed by atoms with Gasteiger partial charge in [-0.05, 0) is 219 Å². The monoisotopic (exact) mass is 1400 g/mol. The quantitative estimate of drug-likeness (QED) is 0.144. The lowest BCUT2D eigenvalue weighted by atomic mass is 9.90. The van der Waals surface area contributed by atoms with Gasteiger partial charge in [-0.25, -0.2) is 0 Å². The van der Waals surface area contributed by atoms with Crippen LogP contribution in [0.2, 0.25) is 0 Å². The van der Waals surface area contributed by atoms with Crippen molar-refractivity contribution in [2.45, 2.75) is 0 Å². The average molecular weight is 1400 g/mol. The summed E-state index contributed by atoms with van der Waals surface area (Å²) < 4.78 is 15.2. The summed E-state index contributed by atoms with van der Waals surface area (Å²) >= 11 is 5.58. The van der Waals surface area contributed by atoms with Crippen LogP contribution in [0, 0.1) is 0 Å². The Balaban J connectivity index is 0.682. The molecule has 0 saturated carbocycles. The predicted molar refractivity (Wildman–Crippen MR) is 454 cm³/mol. The van der Waals surface area contributed by atoms with E-state index in [-0.39, 0.29) is 0 Å². The number of hydrogen-bond donors (Lipinski definition) is 0. The van der Waals surface area contributed by atoms with Crippen LogP contribution in [0.15, 0.2) is 346 Å². The normalized spacial score (nSPS) is 12.2. The van der Waals surface area contributed by atoms with E-state index >= 15 is 0 Å². The van der Waals surface area contributed by atoms with Crippen LogP contribution in [0.25, 0.3) is 221 Å². The molecular weight excluding hydrogens is 1340 g/mol. The molecule has 0 atom stereocenters. The van der Waals surface area contributed by atoms with Gasteiger partial charge in [0.1, 0.15) is 0 Å². The molecule has 0 aliphatic rings. The van der Waals surface area contributed by atoms with E-state index in [1.54, 1.807) is 0 Å². The molecule has 0 N–H and O–H groups in total. The Labute approximate surface area is 619 Å². The minimum Gasteiger partial charge on any atom is -0.309 e. The van der Waals surface area contributed by atoms with E-state index in [2.05, 4.69) is 353 Å². The van der Waals surface area contributed by atoms with Crippen molar-refractivity contribution in [1.82, 2.24) is 23.9 Å². The summed E-state index contributed by atoms with van der Waals surface area (Å²) in [4.78, 5) is 0. The Morgan fingerprint density at radius 1 is 0.189 bits per heavy atom. The fourth-order valence-corrected chi connectivity index (χ4v) is 20.5. The van der Waals surface area contributed by atoms with Gasteiger partial charge in [-0.1, -0.05) is 182 Å². The molecule has 106 heavy (non-hydrogen) atoms. The van der Waals surface area contributed by atoms with Crippen molar-refractivity contribution < 1.29 is 0 Å². The van der Waals surface area contributed by atoms with E-state index in [4.69, 9.17) is 10.2 Å². The summed E-state index contributed by atoms with van der Waals surface area (Å²) in [5.74, 6) is 0. The van der Waals surface area contributed by atoms with E-state index in [0.29, 0.717) is 0 Å². The molecule has 0 aliphatic carbocycles. The number of rotatable bonds is 9. The summed E-state index contributed by atoms with van der Waals surface area (Å²) in [6.45, 7) is 0. The molecule has 7 heterocycles. The number of thiophene rings is 3. The topological polar surface area (TPSA) is 40.6 Å². The van der Waals surface area contributed by atoms with Crippen LogP contribution in [0.3, 0.4) is 0 Å². The second-order valence-corrected chi connectivity index (χ2v) is 31.3. The minimum atomic E-state index is 0.809. The molecule has 0 unspecified atom stereocenters. The molecule has 23 aromatic rings. The summed E-state index contributed by atoms with van der Waals surface area (Å²) in [6.07, 6.45) is 1.96. The third-order valence-corrected chi connectivity index (χ3v) is 25.6. The smallest absolute Gasteiger partial charge is 0.0942 e. The highest BCUT2D eigenvalue weighted by atomic mass is 32.1. The third kappa shape index (κ3) is 9.18. The SMILES string of the molecule is c1cc(-c2cc3nncc(-c4cccc(-n5c6ccccc6c6cc(-c7ccc8sc9ccccc9c8c7)ccc65)c4)c3cc2-c2cccc(-n3c4ccccc4c4cc(-c5ccc6sc7ccccc7c6c5)ccc43)c2)cc(-n2c3ccccc3c3cc(-c4ccc5sc6ccccc6c5c4)ccc32)c1. The second-order valence-electron chi connectivity index (χ2n) is 28.0. The second kappa shape index (κ2) is 23.2. The van der Waals surface area contributed by atoms with Gasteiger partial charge >= 0.3 is 0 Å². The number of fused-ring (bicyclic) bond motifs is 19. The van der Waals surface area contributed by atoms with E-state index in [9.17, 15) is 0 Å². The van der Waals surface area contributed by atoms with Crippen molar-refractivity contribution in [1.29, 1.82) is 0 Å². The Kier molecular flexibility index (Phi) is 13.0. The molecule has 0 bridgehead atoms. The van der Waals surface area contributed by atoms with Crippen molar-refractivity contribution >= 4 is 171 Å². The zero-order chi connectivity index (χ0) is 69.2. The summed E-state index contributed by atoms with van der Waals surface area (Å²) in [5, 5.41) is 26.0. The van der Waals surface area contributed by atoms with Crippen molar-refractivity contribution in [3.63, 3.8) is 0 Å². The highest BCUT2D eigenvalue weighted by Gasteiger charge is 2.23. The Hall–Kier alpha value is -13.1. The number of para-hydroxylation sites is 3. The maximum Gasteiger partial charge on any atom is 0.0942 e. The lowest BCUT2D eigenvalue weighted by molar-refractivity contribution is 1.08. The van der Waals surface area contributed by atoms with Crippen molar-refractivity contribution in [2.75, 3.05) is 0 Å². The molecule has 23 rings (SSSR count). The van der Waals surface area contributed by atoms with E-state index in [1.165, 1.54) is 126 Å². The van der Waals surface area contributed by atoms with E-state index in [0.717, 1.165) is 94.4 Å². The van der Waals surface area contributed by atoms with Gasteiger partial charge in [0.2, 0.25) is 0 Å². The van der Waals surface area contributed by atoms with Crippen LogP contribution in [-0.4, -0.2) is 23.9 Å². The molecule has 0 saturated heterocycles. The van der Waals surface area contributed by atoms with Crippen LogP contribution >= 0.6 is 34.0 Å². The molecule has 492 valence electrons. The van der Waals surface area contributed by atoms with Crippen LogP contribution < -0.4 is 0 Å². The summed E-state index contributed by atoms with van der Waals surface area (Å²) in [7, 11) is 0. The molecule has 5 nitrogen and oxygen atoms in total. The van der Waals surface area contributed by atoms with Crippen LogP contribution in [0.4, 0.5) is 0 Å².